The fourth-order valence-corrected chi connectivity index (χ4v) is 3.34. The van der Waals surface area contributed by atoms with Gasteiger partial charge in [0.1, 0.15) is 5.69 Å². The molecule has 0 saturated carbocycles. The highest BCUT2D eigenvalue weighted by atomic mass is 16.1. The van der Waals surface area contributed by atoms with Crippen molar-refractivity contribution < 1.29 is 4.79 Å². The van der Waals surface area contributed by atoms with Crippen LogP contribution in [0.3, 0.4) is 0 Å². The summed E-state index contributed by atoms with van der Waals surface area (Å²) in [6.07, 6.45) is 3.33. The number of nitrogens with zero attached hydrogens (tertiary/aromatic N) is 4. The summed E-state index contributed by atoms with van der Waals surface area (Å²) in [7, 11) is 0. The first-order valence-electron chi connectivity index (χ1n) is 9.68. The number of aromatic nitrogens is 4. The molecule has 0 aliphatic heterocycles. The van der Waals surface area contributed by atoms with E-state index in [0.29, 0.717) is 23.0 Å². The van der Waals surface area contributed by atoms with Gasteiger partial charge in [-0.05, 0) is 68.3 Å². The smallest absolute Gasteiger partial charge is 0.265 e. The van der Waals surface area contributed by atoms with Crippen LogP contribution in [-0.2, 0) is 5.41 Å². The maximum Gasteiger partial charge on any atom is 0.265 e. The molecule has 4 N–H and O–H groups in total. The SMILES string of the molecule is Cc1cc(Nc2nccc(-c3cc(C(C)(C)C#N)ccn3)n2)cc2cc(C(N)=O)[nH]c12. The number of amides is 1. The molecule has 1 aromatic carbocycles. The first-order chi connectivity index (χ1) is 14.8. The second-order valence-electron chi connectivity index (χ2n) is 7.86. The van der Waals surface area contributed by atoms with Gasteiger partial charge < -0.3 is 16.0 Å². The molecule has 4 rings (SSSR count). The number of hydrogen-bond donors (Lipinski definition) is 3. The van der Waals surface area contributed by atoms with Gasteiger partial charge in [0.05, 0.1) is 22.9 Å². The molecule has 0 aliphatic rings. The number of carbonyl (C=O) groups excluding carboxylic acids is 1. The van der Waals surface area contributed by atoms with Crippen LogP contribution in [0.2, 0.25) is 0 Å². The van der Waals surface area contributed by atoms with Gasteiger partial charge in [-0.15, -0.1) is 0 Å². The normalized spacial score (nSPS) is 11.3. The molecule has 3 heterocycles. The summed E-state index contributed by atoms with van der Waals surface area (Å²) in [5.41, 5.74) is 9.88. The van der Waals surface area contributed by atoms with Gasteiger partial charge in [-0.25, -0.2) is 9.97 Å². The molecule has 0 unspecified atom stereocenters. The number of fused-ring (bicyclic) bond motifs is 1. The van der Waals surface area contributed by atoms with Crippen LogP contribution >= 0.6 is 0 Å². The molecular weight excluding hydrogens is 390 g/mol. The van der Waals surface area contributed by atoms with Crippen molar-refractivity contribution in [3.8, 4) is 17.5 Å². The Balaban J connectivity index is 1.66. The van der Waals surface area contributed by atoms with E-state index in [9.17, 15) is 10.1 Å². The zero-order valence-electron chi connectivity index (χ0n) is 17.4. The number of primary amides is 1. The zero-order chi connectivity index (χ0) is 22.2. The molecule has 154 valence electrons. The number of pyridine rings is 1. The number of rotatable bonds is 5. The van der Waals surface area contributed by atoms with E-state index in [2.05, 4.69) is 31.3 Å². The number of nitriles is 1. The number of anilines is 2. The summed E-state index contributed by atoms with van der Waals surface area (Å²) in [5, 5.41) is 13.5. The van der Waals surface area contributed by atoms with E-state index in [1.807, 2.05) is 45.0 Å². The van der Waals surface area contributed by atoms with Gasteiger partial charge in [-0.1, -0.05) is 0 Å². The number of nitrogens with one attached hydrogen (secondary N) is 2. The van der Waals surface area contributed by atoms with Crippen molar-refractivity contribution in [1.82, 2.24) is 19.9 Å². The van der Waals surface area contributed by atoms with E-state index in [1.54, 1.807) is 24.5 Å². The lowest BCUT2D eigenvalue weighted by Gasteiger charge is -2.16. The molecule has 8 nitrogen and oxygen atoms in total. The number of H-pyrrole nitrogens is 1. The minimum absolute atomic E-state index is 0.361. The summed E-state index contributed by atoms with van der Waals surface area (Å²) in [4.78, 5) is 27.8. The van der Waals surface area contributed by atoms with E-state index in [1.165, 1.54) is 0 Å². The Bertz CT molecular complexity index is 1350. The van der Waals surface area contributed by atoms with Crippen LogP contribution in [0.15, 0.2) is 48.8 Å². The summed E-state index contributed by atoms with van der Waals surface area (Å²) in [6, 6.07) is 13.3. The number of aryl methyl sites for hydroxylation is 1. The molecule has 4 aromatic rings. The van der Waals surface area contributed by atoms with E-state index in [4.69, 9.17) is 5.73 Å². The highest BCUT2D eigenvalue weighted by Crippen LogP contribution is 2.27. The van der Waals surface area contributed by atoms with Crippen molar-refractivity contribution in [2.24, 2.45) is 5.73 Å². The number of hydrogen-bond acceptors (Lipinski definition) is 6. The quantitative estimate of drug-likeness (QED) is 0.455. The van der Waals surface area contributed by atoms with Gasteiger partial charge in [0, 0.05) is 29.0 Å². The Morgan fingerprint density at radius 3 is 2.65 bits per heavy atom. The van der Waals surface area contributed by atoms with Crippen molar-refractivity contribution in [1.29, 1.82) is 5.26 Å². The average Bonchev–Trinajstić information content (AvgIpc) is 3.19. The molecule has 0 saturated heterocycles. The summed E-state index contributed by atoms with van der Waals surface area (Å²) in [5.74, 6) is -0.0934. The molecule has 0 spiro atoms. The van der Waals surface area contributed by atoms with E-state index >= 15 is 0 Å². The van der Waals surface area contributed by atoms with Crippen LogP contribution in [-0.4, -0.2) is 25.8 Å². The van der Waals surface area contributed by atoms with Crippen molar-refractivity contribution >= 4 is 28.4 Å². The number of carbonyl (C=O) groups is 1. The molecule has 0 bridgehead atoms. The molecule has 31 heavy (non-hydrogen) atoms. The summed E-state index contributed by atoms with van der Waals surface area (Å²) in [6.45, 7) is 5.67. The maximum atomic E-state index is 11.5. The minimum Gasteiger partial charge on any atom is -0.364 e. The fraction of sp³-hybridized carbons (Fsp3) is 0.174. The first kappa shape index (κ1) is 20.0. The number of nitrogens with two attached hydrogens (primary N) is 1. The van der Waals surface area contributed by atoms with Crippen LogP contribution in [0.5, 0.6) is 0 Å². The van der Waals surface area contributed by atoms with Gasteiger partial charge >= 0.3 is 0 Å². The van der Waals surface area contributed by atoms with Crippen LogP contribution in [0.1, 0.15) is 35.5 Å². The number of aromatic amines is 1. The molecule has 3 aromatic heterocycles. The molecule has 0 fully saturated rings. The lowest BCUT2D eigenvalue weighted by Crippen LogP contribution is -2.14. The van der Waals surface area contributed by atoms with Crippen molar-refractivity contribution in [3.63, 3.8) is 0 Å². The second kappa shape index (κ2) is 7.54. The third-order valence-electron chi connectivity index (χ3n) is 5.13. The standard InChI is InChI=1S/C23H21N7O/c1-13-8-16(9-14-10-19(21(25)31)29-20(13)14)28-22-27-7-5-17(30-22)18-11-15(4-6-26-18)23(2,3)12-24/h4-11,29H,1-3H3,(H2,25,31)(H,27,28,30). The Labute approximate surface area is 179 Å². The van der Waals surface area contributed by atoms with E-state index in [0.717, 1.165) is 27.7 Å². The van der Waals surface area contributed by atoms with Crippen LogP contribution in [0.25, 0.3) is 22.3 Å². The summed E-state index contributed by atoms with van der Waals surface area (Å²) >= 11 is 0. The van der Waals surface area contributed by atoms with Gasteiger partial charge in [-0.2, -0.15) is 5.26 Å². The monoisotopic (exact) mass is 411 g/mol. The molecule has 0 radical (unpaired) electrons. The minimum atomic E-state index is -0.626. The van der Waals surface area contributed by atoms with Crippen molar-refractivity contribution in [2.45, 2.75) is 26.2 Å². The Morgan fingerprint density at radius 2 is 1.90 bits per heavy atom. The van der Waals surface area contributed by atoms with Crippen molar-refractivity contribution in [3.05, 3.63) is 65.6 Å². The number of benzene rings is 1. The first-order valence-corrected chi connectivity index (χ1v) is 9.68. The third kappa shape index (κ3) is 3.94. The molecule has 0 atom stereocenters. The van der Waals surface area contributed by atoms with Crippen molar-refractivity contribution in [2.75, 3.05) is 5.32 Å². The predicted molar refractivity (Wildman–Crippen MR) is 119 cm³/mol. The molecule has 1 amide bonds. The molecule has 0 aliphatic carbocycles. The van der Waals surface area contributed by atoms with E-state index < -0.39 is 11.3 Å². The Morgan fingerprint density at radius 1 is 1.13 bits per heavy atom. The average molecular weight is 411 g/mol. The van der Waals surface area contributed by atoms with Crippen LogP contribution < -0.4 is 11.1 Å². The fourth-order valence-electron chi connectivity index (χ4n) is 3.34. The highest BCUT2D eigenvalue weighted by Gasteiger charge is 2.20. The second-order valence-corrected chi connectivity index (χ2v) is 7.86. The largest absolute Gasteiger partial charge is 0.364 e. The van der Waals surface area contributed by atoms with Gasteiger partial charge in [-0.3, -0.25) is 9.78 Å². The van der Waals surface area contributed by atoms with Crippen LogP contribution in [0, 0.1) is 18.3 Å². The topological polar surface area (TPSA) is 133 Å². The van der Waals surface area contributed by atoms with Crippen LogP contribution in [0.4, 0.5) is 11.6 Å². The Hall–Kier alpha value is -4.25. The van der Waals surface area contributed by atoms with Gasteiger partial charge in [0.2, 0.25) is 5.95 Å². The predicted octanol–water partition coefficient (Wildman–Crippen LogP) is 3.97. The lowest BCUT2D eigenvalue weighted by molar-refractivity contribution is 0.0996. The molecular formula is C23H21N7O. The summed E-state index contributed by atoms with van der Waals surface area (Å²) < 4.78 is 0. The third-order valence-corrected chi connectivity index (χ3v) is 5.13. The maximum absolute atomic E-state index is 11.5. The zero-order valence-corrected chi connectivity index (χ0v) is 17.4. The van der Waals surface area contributed by atoms with E-state index in [-0.39, 0.29) is 0 Å². The van der Waals surface area contributed by atoms with Gasteiger partial charge in [0.15, 0.2) is 0 Å². The lowest BCUT2D eigenvalue weighted by atomic mass is 9.86. The van der Waals surface area contributed by atoms with Gasteiger partial charge in [0.25, 0.3) is 5.91 Å². The Kier molecular flexibility index (Phi) is 4.87. The molecule has 8 heteroatoms. The highest BCUT2D eigenvalue weighted by molar-refractivity contribution is 5.98.